The van der Waals surface area contributed by atoms with Crippen LogP contribution in [0.25, 0.3) is 6.08 Å². The fraction of sp³-hybridized carbons (Fsp3) is 0.118. The van der Waals surface area contributed by atoms with E-state index < -0.39 is 11.8 Å². The highest BCUT2D eigenvalue weighted by molar-refractivity contribution is 7.80. The number of rotatable bonds is 5. The van der Waals surface area contributed by atoms with Gasteiger partial charge in [0.1, 0.15) is 11.3 Å². The third-order valence-electron chi connectivity index (χ3n) is 3.18. The van der Waals surface area contributed by atoms with Crippen LogP contribution in [0.2, 0.25) is 0 Å². The number of para-hydroxylation sites is 1. The second-order valence-electron chi connectivity index (χ2n) is 4.65. The molecule has 0 atom stereocenters. The molecule has 0 bridgehead atoms. The number of carbonyl (C=O) groups is 2. The van der Waals surface area contributed by atoms with Crippen LogP contribution in [-0.2, 0) is 9.59 Å². The molecule has 2 amide bonds. The van der Waals surface area contributed by atoms with Gasteiger partial charge in [0.05, 0.1) is 7.11 Å². The Morgan fingerprint density at radius 1 is 1.35 bits per heavy atom. The van der Waals surface area contributed by atoms with Gasteiger partial charge in [-0.15, -0.1) is 6.58 Å². The third-order valence-corrected chi connectivity index (χ3v) is 3.50. The zero-order chi connectivity index (χ0) is 16.8. The van der Waals surface area contributed by atoms with Gasteiger partial charge in [0, 0.05) is 12.1 Å². The van der Waals surface area contributed by atoms with E-state index in [4.69, 9.17) is 17.0 Å². The highest BCUT2D eigenvalue weighted by Gasteiger charge is 2.31. The highest BCUT2D eigenvalue weighted by atomic mass is 32.1. The van der Waals surface area contributed by atoms with E-state index in [2.05, 4.69) is 11.9 Å². The molecule has 1 fully saturated rings. The van der Waals surface area contributed by atoms with Crippen molar-refractivity contribution in [1.82, 2.24) is 10.2 Å². The second-order valence-corrected chi connectivity index (χ2v) is 5.03. The van der Waals surface area contributed by atoms with Crippen molar-refractivity contribution in [3.05, 3.63) is 60.2 Å². The molecule has 0 radical (unpaired) electrons. The first-order chi connectivity index (χ1) is 11.1. The lowest BCUT2D eigenvalue weighted by Crippen LogP contribution is -2.53. The Hall–Kier alpha value is -2.73. The second kappa shape index (κ2) is 7.51. The number of allylic oxidation sites excluding steroid dienone is 2. The van der Waals surface area contributed by atoms with Gasteiger partial charge in [0.2, 0.25) is 0 Å². The fourth-order valence-electron chi connectivity index (χ4n) is 2.06. The molecule has 1 saturated heterocycles. The first-order valence-corrected chi connectivity index (χ1v) is 7.28. The average Bonchev–Trinajstić information content (AvgIpc) is 2.55. The van der Waals surface area contributed by atoms with Crippen LogP contribution in [0.5, 0.6) is 5.75 Å². The van der Waals surface area contributed by atoms with Gasteiger partial charge in [-0.25, -0.2) is 0 Å². The predicted octanol–water partition coefficient (Wildman–Crippen LogP) is 2.06. The number of benzene rings is 1. The van der Waals surface area contributed by atoms with Crippen molar-refractivity contribution in [3.8, 4) is 5.75 Å². The van der Waals surface area contributed by atoms with Crippen molar-refractivity contribution in [2.24, 2.45) is 0 Å². The number of carbonyl (C=O) groups excluding carboxylic acids is 2. The maximum atomic E-state index is 12.3. The topological polar surface area (TPSA) is 58.6 Å². The Labute approximate surface area is 139 Å². The molecule has 1 heterocycles. The first kappa shape index (κ1) is 16.6. The van der Waals surface area contributed by atoms with Gasteiger partial charge in [0.25, 0.3) is 11.8 Å². The number of hydrogen-bond donors (Lipinski definition) is 1. The summed E-state index contributed by atoms with van der Waals surface area (Å²) in [5.74, 6) is -0.246. The molecule has 0 spiro atoms. The van der Waals surface area contributed by atoms with E-state index in [1.54, 1.807) is 25.3 Å². The molecule has 0 unspecified atom stereocenters. The van der Waals surface area contributed by atoms with Crippen molar-refractivity contribution in [1.29, 1.82) is 0 Å². The summed E-state index contributed by atoms with van der Waals surface area (Å²) in [6.07, 6.45) is 6.40. The van der Waals surface area contributed by atoms with Gasteiger partial charge in [-0.05, 0) is 24.4 Å². The van der Waals surface area contributed by atoms with Crippen LogP contribution in [0.1, 0.15) is 5.56 Å². The summed E-state index contributed by atoms with van der Waals surface area (Å²) in [5, 5.41) is 2.58. The fourth-order valence-corrected chi connectivity index (χ4v) is 2.31. The molecule has 6 heteroatoms. The minimum absolute atomic E-state index is 0.0200. The summed E-state index contributed by atoms with van der Waals surface area (Å²) in [7, 11) is 1.58. The van der Waals surface area contributed by atoms with E-state index in [1.807, 2.05) is 24.3 Å². The largest absolute Gasteiger partial charge is 0.496 e. The van der Waals surface area contributed by atoms with Crippen LogP contribution in [0.3, 0.4) is 0 Å². The molecule has 23 heavy (non-hydrogen) atoms. The third kappa shape index (κ3) is 3.73. The maximum absolute atomic E-state index is 12.3. The van der Waals surface area contributed by atoms with Gasteiger partial charge >= 0.3 is 0 Å². The van der Waals surface area contributed by atoms with E-state index >= 15 is 0 Å². The van der Waals surface area contributed by atoms with Crippen LogP contribution >= 0.6 is 12.2 Å². The van der Waals surface area contributed by atoms with Crippen molar-refractivity contribution in [3.63, 3.8) is 0 Å². The number of thiocarbonyl (C=S) groups is 1. The summed E-state index contributed by atoms with van der Waals surface area (Å²) in [5.41, 5.74) is 0.862. The van der Waals surface area contributed by atoms with E-state index in [1.165, 1.54) is 11.0 Å². The van der Waals surface area contributed by atoms with Gasteiger partial charge in [-0.2, -0.15) is 0 Å². The van der Waals surface area contributed by atoms with Crippen LogP contribution in [0, 0.1) is 0 Å². The van der Waals surface area contributed by atoms with Crippen molar-refractivity contribution >= 4 is 35.2 Å². The van der Waals surface area contributed by atoms with Crippen LogP contribution in [0.4, 0.5) is 0 Å². The lowest BCUT2D eigenvalue weighted by Gasteiger charge is -2.27. The maximum Gasteiger partial charge on any atom is 0.265 e. The van der Waals surface area contributed by atoms with Crippen LogP contribution in [-0.4, -0.2) is 35.5 Å². The number of hydrogen-bond acceptors (Lipinski definition) is 4. The lowest BCUT2D eigenvalue weighted by molar-refractivity contribution is -0.128. The van der Waals surface area contributed by atoms with Gasteiger partial charge in [-0.3, -0.25) is 19.8 Å². The van der Waals surface area contributed by atoms with Gasteiger partial charge < -0.3 is 4.74 Å². The highest BCUT2D eigenvalue weighted by Crippen LogP contribution is 2.19. The molecule has 5 nitrogen and oxygen atoms in total. The van der Waals surface area contributed by atoms with Crippen molar-refractivity contribution in [2.75, 3.05) is 13.7 Å². The van der Waals surface area contributed by atoms with Crippen LogP contribution < -0.4 is 10.1 Å². The summed E-state index contributed by atoms with van der Waals surface area (Å²) < 4.78 is 5.24. The first-order valence-electron chi connectivity index (χ1n) is 6.88. The molecule has 0 saturated carbocycles. The number of nitrogens with one attached hydrogen (secondary N) is 1. The Balaban J connectivity index is 2.25. The smallest absolute Gasteiger partial charge is 0.265 e. The SMILES string of the molecule is C=CCN1C(=O)/C(=C/C=C\c2ccccc2OC)C(=O)NC1=S. The average molecular weight is 328 g/mol. The summed E-state index contributed by atoms with van der Waals surface area (Å²) in [6.45, 7) is 3.82. The number of methoxy groups -OCH3 is 1. The quantitative estimate of drug-likeness (QED) is 0.389. The Morgan fingerprint density at radius 2 is 2.09 bits per heavy atom. The van der Waals surface area contributed by atoms with Crippen molar-refractivity contribution < 1.29 is 14.3 Å². The van der Waals surface area contributed by atoms with Crippen LogP contribution in [0.15, 0.2) is 54.6 Å². The molecule has 1 aromatic carbocycles. The molecule has 2 rings (SSSR count). The zero-order valence-electron chi connectivity index (χ0n) is 12.6. The molecular weight excluding hydrogens is 312 g/mol. The lowest BCUT2D eigenvalue weighted by atomic mass is 10.1. The number of ether oxygens (including phenoxy) is 1. The molecular formula is C17H16N2O3S. The van der Waals surface area contributed by atoms with E-state index in [9.17, 15) is 9.59 Å². The summed E-state index contributed by atoms with van der Waals surface area (Å²) in [4.78, 5) is 25.5. The van der Waals surface area contributed by atoms with Crippen molar-refractivity contribution in [2.45, 2.75) is 0 Å². The molecule has 0 aliphatic carbocycles. The van der Waals surface area contributed by atoms with E-state index in [0.29, 0.717) is 5.75 Å². The Bertz CT molecular complexity index is 722. The zero-order valence-corrected chi connectivity index (χ0v) is 13.4. The number of nitrogens with zero attached hydrogens (tertiary/aromatic N) is 1. The monoisotopic (exact) mass is 328 g/mol. The number of amides is 2. The Morgan fingerprint density at radius 3 is 2.78 bits per heavy atom. The molecule has 0 aromatic heterocycles. The minimum atomic E-state index is -0.509. The van der Waals surface area contributed by atoms with E-state index in [0.717, 1.165) is 5.56 Å². The summed E-state index contributed by atoms with van der Waals surface area (Å²) >= 11 is 4.99. The van der Waals surface area contributed by atoms with Gasteiger partial charge in [0.15, 0.2) is 5.11 Å². The molecule has 1 N–H and O–H groups in total. The van der Waals surface area contributed by atoms with E-state index in [-0.39, 0.29) is 17.2 Å². The van der Waals surface area contributed by atoms with Gasteiger partial charge in [-0.1, -0.05) is 36.4 Å². The summed E-state index contributed by atoms with van der Waals surface area (Å²) in [6, 6.07) is 7.43. The normalized spacial score (nSPS) is 16.8. The Kier molecular flexibility index (Phi) is 5.43. The molecule has 118 valence electrons. The molecule has 1 aliphatic rings. The minimum Gasteiger partial charge on any atom is -0.496 e. The molecule has 1 aromatic rings. The standard InChI is InChI=1S/C17H16N2O3S/c1-3-11-19-16(21)13(15(20)18-17(19)23)9-6-8-12-7-4-5-10-14(12)22-2/h3-10H,1,11H2,2H3,(H,18,20,23)/b8-6-,13-9+. The molecule has 1 aliphatic heterocycles. The predicted molar refractivity (Wildman–Crippen MR) is 92.8 cm³/mol.